The minimum Gasteiger partial charge on any atom is -0.479 e. The molecule has 108 valence electrons. The van der Waals surface area contributed by atoms with Crippen molar-refractivity contribution in [2.45, 2.75) is 13.8 Å². The number of benzene rings is 1. The molecule has 0 saturated heterocycles. The number of amides is 1. The Labute approximate surface area is 123 Å². The van der Waals surface area contributed by atoms with E-state index in [9.17, 15) is 4.79 Å². The number of aryl methyl sites for hydroxylation is 2. The van der Waals surface area contributed by atoms with Crippen molar-refractivity contribution in [3.63, 3.8) is 0 Å². The van der Waals surface area contributed by atoms with E-state index < -0.39 is 0 Å². The van der Waals surface area contributed by atoms with Crippen molar-refractivity contribution in [1.29, 1.82) is 5.26 Å². The van der Waals surface area contributed by atoms with E-state index in [1.165, 1.54) is 0 Å². The molecule has 0 unspecified atom stereocenters. The van der Waals surface area contributed by atoms with E-state index in [-0.39, 0.29) is 12.5 Å². The third kappa shape index (κ3) is 3.20. The lowest BCUT2D eigenvalue weighted by Gasteiger charge is -2.08. The smallest absolute Gasteiger partial charge is 0.259 e. The number of hydrogen-bond acceptors (Lipinski definition) is 4. The van der Waals surface area contributed by atoms with Crippen LogP contribution in [-0.4, -0.2) is 22.3 Å². The van der Waals surface area contributed by atoms with E-state index >= 15 is 0 Å². The van der Waals surface area contributed by atoms with Crippen molar-refractivity contribution >= 4 is 11.6 Å². The van der Waals surface area contributed by atoms with E-state index in [1.807, 2.05) is 13.0 Å². The molecule has 0 aliphatic carbocycles. The van der Waals surface area contributed by atoms with Crippen LogP contribution in [0, 0.1) is 25.2 Å². The zero-order valence-electron chi connectivity index (χ0n) is 12.2. The Morgan fingerprint density at radius 3 is 2.86 bits per heavy atom. The fourth-order valence-electron chi connectivity index (χ4n) is 2.08. The maximum Gasteiger partial charge on any atom is 0.259 e. The minimum atomic E-state index is -0.212. The molecule has 1 aromatic heterocycles. The number of nitriles is 1. The Kier molecular flexibility index (Phi) is 4.24. The number of ether oxygens (including phenoxy) is 1. The Bertz CT molecular complexity index is 713. The number of carbonyl (C=O) groups is 1. The van der Waals surface area contributed by atoms with Gasteiger partial charge >= 0.3 is 0 Å². The van der Waals surface area contributed by atoms with Gasteiger partial charge in [0, 0.05) is 24.5 Å². The molecule has 1 aromatic carbocycles. The summed E-state index contributed by atoms with van der Waals surface area (Å²) in [5.74, 6) is 0.324. The van der Waals surface area contributed by atoms with Crippen LogP contribution < -0.4 is 10.1 Å². The van der Waals surface area contributed by atoms with Crippen LogP contribution in [0.1, 0.15) is 21.7 Å². The number of hydrogen-bond donors (Lipinski definition) is 1. The predicted molar refractivity (Wildman–Crippen MR) is 78.2 cm³/mol. The van der Waals surface area contributed by atoms with Gasteiger partial charge in [-0.1, -0.05) is 6.07 Å². The number of aromatic nitrogens is 2. The lowest BCUT2D eigenvalue weighted by Crippen LogP contribution is -2.14. The average molecular weight is 284 g/mol. The van der Waals surface area contributed by atoms with Crippen molar-refractivity contribution in [3.8, 4) is 11.8 Å². The Morgan fingerprint density at radius 2 is 2.24 bits per heavy atom. The first-order valence-electron chi connectivity index (χ1n) is 6.44. The highest BCUT2D eigenvalue weighted by atomic mass is 16.5. The van der Waals surface area contributed by atoms with Crippen LogP contribution >= 0.6 is 0 Å². The van der Waals surface area contributed by atoms with Crippen LogP contribution in [-0.2, 0) is 7.05 Å². The molecule has 21 heavy (non-hydrogen) atoms. The fourth-order valence-corrected chi connectivity index (χ4v) is 2.08. The van der Waals surface area contributed by atoms with E-state index in [4.69, 9.17) is 10.00 Å². The second-order valence-corrected chi connectivity index (χ2v) is 4.60. The van der Waals surface area contributed by atoms with Crippen molar-refractivity contribution in [3.05, 3.63) is 41.2 Å². The van der Waals surface area contributed by atoms with Gasteiger partial charge in [-0.05, 0) is 26.0 Å². The topological polar surface area (TPSA) is 79.9 Å². The van der Waals surface area contributed by atoms with E-state index in [2.05, 4.69) is 10.4 Å². The summed E-state index contributed by atoms with van der Waals surface area (Å²) in [4.78, 5) is 12.3. The maximum absolute atomic E-state index is 12.3. The fraction of sp³-hybridized carbons (Fsp3) is 0.267. The summed E-state index contributed by atoms with van der Waals surface area (Å²) in [5.41, 5.74) is 2.67. The number of nitrogens with zero attached hydrogens (tertiary/aromatic N) is 3. The van der Waals surface area contributed by atoms with Gasteiger partial charge in [-0.15, -0.1) is 0 Å². The standard InChI is InChI=1S/C15H16N4O2/c1-10-14(11(2)19(3)18-10)15(20)17-12-5-4-6-13(9-12)21-8-7-16/h4-6,9H,8H2,1-3H3,(H,17,20). The molecule has 6 heteroatoms. The van der Waals surface area contributed by atoms with Crippen LogP contribution in [0.25, 0.3) is 0 Å². The minimum absolute atomic E-state index is 0.0295. The van der Waals surface area contributed by atoms with Crippen molar-refractivity contribution in [2.24, 2.45) is 7.05 Å². The molecule has 2 aromatic rings. The SMILES string of the molecule is Cc1nn(C)c(C)c1C(=O)Nc1cccc(OCC#N)c1. The quantitative estimate of drug-likeness (QED) is 0.933. The van der Waals surface area contributed by atoms with Crippen LogP contribution in [0.15, 0.2) is 24.3 Å². The van der Waals surface area contributed by atoms with Crippen molar-refractivity contribution in [2.75, 3.05) is 11.9 Å². The molecule has 0 saturated carbocycles. The Morgan fingerprint density at radius 1 is 1.48 bits per heavy atom. The van der Waals surface area contributed by atoms with Crippen molar-refractivity contribution in [1.82, 2.24) is 9.78 Å². The molecule has 6 nitrogen and oxygen atoms in total. The third-order valence-corrected chi connectivity index (χ3v) is 3.13. The highest BCUT2D eigenvalue weighted by Gasteiger charge is 2.17. The first-order chi connectivity index (χ1) is 10.0. The lowest BCUT2D eigenvalue weighted by atomic mass is 10.2. The van der Waals surface area contributed by atoms with Gasteiger partial charge < -0.3 is 10.1 Å². The molecule has 1 heterocycles. The zero-order chi connectivity index (χ0) is 15.4. The summed E-state index contributed by atoms with van der Waals surface area (Å²) in [5, 5.41) is 15.5. The molecular weight excluding hydrogens is 268 g/mol. The van der Waals surface area contributed by atoms with Gasteiger partial charge in [-0.25, -0.2) is 0 Å². The van der Waals surface area contributed by atoms with Gasteiger partial charge in [0.15, 0.2) is 6.61 Å². The van der Waals surface area contributed by atoms with Crippen LogP contribution in [0.5, 0.6) is 5.75 Å². The number of rotatable bonds is 4. The van der Waals surface area contributed by atoms with Gasteiger partial charge in [-0.2, -0.15) is 10.4 Å². The molecule has 0 bridgehead atoms. The van der Waals surface area contributed by atoms with Gasteiger partial charge in [0.25, 0.3) is 5.91 Å². The predicted octanol–water partition coefficient (Wildman–Crippen LogP) is 2.19. The first-order valence-corrected chi connectivity index (χ1v) is 6.44. The molecule has 0 fully saturated rings. The molecule has 0 aliphatic rings. The number of carbonyl (C=O) groups excluding carboxylic acids is 1. The zero-order valence-corrected chi connectivity index (χ0v) is 12.2. The molecular formula is C15H16N4O2. The second-order valence-electron chi connectivity index (χ2n) is 4.60. The lowest BCUT2D eigenvalue weighted by molar-refractivity contribution is 0.102. The Balaban J connectivity index is 2.18. The molecule has 0 spiro atoms. The molecule has 1 amide bonds. The summed E-state index contributed by atoms with van der Waals surface area (Å²) in [6.07, 6.45) is 0. The molecule has 1 N–H and O–H groups in total. The highest BCUT2D eigenvalue weighted by Crippen LogP contribution is 2.19. The van der Waals surface area contributed by atoms with E-state index in [0.717, 1.165) is 5.69 Å². The molecule has 0 aliphatic heterocycles. The van der Waals surface area contributed by atoms with E-state index in [1.54, 1.807) is 42.9 Å². The van der Waals surface area contributed by atoms with Crippen molar-refractivity contribution < 1.29 is 9.53 Å². The summed E-state index contributed by atoms with van der Waals surface area (Å²) in [6, 6.07) is 8.82. The molecule has 2 rings (SSSR count). The average Bonchev–Trinajstić information content (AvgIpc) is 2.70. The third-order valence-electron chi connectivity index (χ3n) is 3.13. The van der Waals surface area contributed by atoms with Gasteiger partial charge in [0.05, 0.1) is 11.3 Å². The highest BCUT2D eigenvalue weighted by molar-refractivity contribution is 6.05. The summed E-state index contributed by atoms with van der Waals surface area (Å²) in [6.45, 7) is 3.62. The van der Waals surface area contributed by atoms with Gasteiger partial charge in [0.1, 0.15) is 11.8 Å². The van der Waals surface area contributed by atoms with Gasteiger partial charge in [-0.3, -0.25) is 9.48 Å². The summed E-state index contributed by atoms with van der Waals surface area (Å²) < 4.78 is 6.88. The Hall–Kier alpha value is -2.81. The van der Waals surface area contributed by atoms with Crippen LogP contribution in [0.3, 0.4) is 0 Å². The van der Waals surface area contributed by atoms with Crippen LogP contribution in [0.2, 0.25) is 0 Å². The second kappa shape index (κ2) is 6.09. The van der Waals surface area contributed by atoms with Crippen LogP contribution in [0.4, 0.5) is 5.69 Å². The monoisotopic (exact) mass is 284 g/mol. The summed E-state index contributed by atoms with van der Waals surface area (Å²) in [7, 11) is 1.80. The number of anilines is 1. The first kappa shape index (κ1) is 14.6. The normalized spacial score (nSPS) is 10.0. The maximum atomic E-state index is 12.3. The molecule has 0 radical (unpaired) electrons. The summed E-state index contributed by atoms with van der Waals surface area (Å²) >= 11 is 0. The molecule has 0 atom stereocenters. The number of nitrogens with one attached hydrogen (secondary N) is 1. The van der Waals surface area contributed by atoms with E-state index in [0.29, 0.717) is 22.7 Å². The van der Waals surface area contributed by atoms with Gasteiger partial charge in [0.2, 0.25) is 0 Å². The largest absolute Gasteiger partial charge is 0.479 e.